The zero-order valence-corrected chi connectivity index (χ0v) is 17.3. The van der Waals surface area contributed by atoms with Gasteiger partial charge in [-0.2, -0.15) is 4.98 Å². The van der Waals surface area contributed by atoms with Crippen molar-refractivity contribution in [2.75, 3.05) is 41.3 Å². The third-order valence-corrected chi connectivity index (χ3v) is 4.89. The molecule has 1 fully saturated rings. The topological polar surface area (TPSA) is 153 Å². The Bertz CT molecular complexity index is 1140. The number of benzene rings is 1. The van der Waals surface area contributed by atoms with Gasteiger partial charge in [0.15, 0.2) is 0 Å². The number of aliphatic hydroxyl groups is 1. The van der Waals surface area contributed by atoms with Crippen LogP contribution in [0.5, 0.6) is 0 Å². The second-order valence-corrected chi connectivity index (χ2v) is 8.04. The predicted molar refractivity (Wildman–Crippen MR) is 116 cm³/mol. The van der Waals surface area contributed by atoms with E-state index < -0.39 is 11.5 Å². The summed E-state index contributed by atoms with van der Waals surface area (Å²) in [6, 6.07) is 7.04. The number of hydrogen-bond acceptors (Lipinski definition) is 8. The Hall–Kier alpha value is -3.73. The number of rotatable bonds is 6. The number of primary amides is 1. The minimum atomic E-state index is -0.977. The van der Waals surface area contributed by atoms with E-state index in [1.807, 2.05) is 18.2 Å². The van der Waals surface area contributed by atoms with Crippen molar-refractivity contribution in [3.8, 4) is 0 Å². The summed E-state index contributed by atoms with van der Waals surface area (Å²) in [6.45, 7) is 4.46. The molecule has 1 aromatic carbocycles. The number of aromatic amines is 1. The van der Waals surface area contributed by atoms with Crippen LogP contribution < -0.4 is 20.9 Å². The summed E-state index contributed by atoms with van der Waals surface area (Å²) >= 11 is 0. The number of fused-ring (bicyclic) bond motifs is 1. The summed E-state index contributed by atoms with van der Waals surface area (Å²) < 4.78 is 0. The summed E-state index contributed by atoms with van der Waals surface area (Å²) in [7, 11) is 0. The number of anilines is 3. The maximum atomic E-state index is 12.9. The molecule has 3 aromatic rings. The van der Waals surface area contributed by atoms with E-state index in [4.69, 9.17) is 5.73 Å². The number of H-pyrrole nitrogens is 1. The normalized spacial score (nSPS) is 14.9. The Labute approximate surface area is 178 Å². The van der Waals surface area contributed by atoms with E-state index >= 15 is 0 Å². The third kappa shape index (κ3) is 4.56. The second kappa shape index (κ2) is 7.84. The number of nitrogens with two attached hydrogens (primary N) is 1. The molecule has 1 saturated heterocycles. The van der Waals surface area contributed by atoms with Crippen molar-refractivity contribution < 1.29 is 14.7 Å². The summed E-state index contributed by atoms with van der Waals surface area (Å²) in [5.41, 5.74) is 6.93. The van der Waals surface area contributed by atoms with Crippen molar-refractivity contribution in [3.05, 3.63) is 36.3 Å². The summed E-state index contributed by atoms with van der Waals surface area (Å²) in [5, 5.41) is 12.9. The molecule has 0 atom stereocenters. The molecule has 1 aliphatic rings. The predicted octanol–water partition coefficient (Wildman–Crippen LogP) is 0.488. The van der Waals surface area contributed by atoms with Crippen LogP contribution in [0.15, 0.2) is 30.6 Å². The second-order valence-electron chi connectivity index (χ2n) is 8.04. The number of amides is 2. The van der Waals surface area contributed by atoms with E-state index in [1.165, 1.54) is 6.07 Å². The average Bonchev–Trinajstić information content (AvgIpc) is 3.19. The van der Waals surface area contributed by atoms with E-state index in [1.54, 1.807) is 30.0 Å². The Morgan fingerprint density at radius 1 is 1.29 bits per heavy atom. The van der Waals surface area contributed by atoms with Crippen LogP contribution in [0, 0.1) is 0 Å². The van der Waals surface area contributed by atoms with Gasteiger partial charge < -0.3 is 30.9 Å². The quantitative estimate of drug-likeness (QED) is 0.446. The molecular weight excluding hydrogens is 400 g/mol. The number of imidazole rings is 1. The van der Waals surface area contributed by atoms with Crippen LogP contribution in [-0.2, 0) is 4.79 Å². The molecule has 2 aromatic heterocycles. The summed E-state index contributed by atoms with van der Waals surface area (Å²) in [4.78, 5) is 43.9. The maximum Gasteiger partial charge on any atom is 0.267 e. The lowest BCUT2D eigenvalue weighted by atomic mass is 10.1. The van der Waals surface area contributed by atoms with Gasteiger partial charge in [-0.1, -0.05) is 0 Å². The largest absolute Gasteiger partial charge is 0.389 e. The molecule has 0 saturated carbocycles. The van der Waals surface area contributed by atoms with Gasteiger partial charge in [0, 0.05) is 31.4 Å². The zero-order chi connectivity index (χ0) is 22.2. The van der Waals surface area contributed by atoms with Gasteiger partial charge in [0.25, 0.3) is 5.91 Å². The molecule has 0 aliphatic carbocycles. The van der Waals surface area contributed by atoms with Crippen LogP contribution in [0.25, 0.3) is 11.0 Å². The zero-order valence-electron chi connectivity index (χ0n) is 17.3. The van der Waals surface area contributed by atoms with E-state index in [-0.39, 0.29) is 30.6 Å². The first kappa shape index (κ1) is 20.5. The lowest BCUT2D eigenvalue weighted by Crippen LogP contribution is -2.51. The highest BCUT2D eigenvalue weighted by atomic mass is 16.3. The van der Waals surface area contributed by atoms with Gasteiger partial charge in [0.05, 0.1) is 23.0 Å². The number of piperazine rings is 1. The highest BCUT2D eigenvalue weighted by molar-refractivity contribution is 5.99. The lowest BCUT2D eigenvalue weighted by molar-refractivity contribution is -0.117. The highest BCUT2D eigenvalue weighted by Crippen LogP contribution is 2.23. The Balaban J connectivity index is 1.54. The fourth-order valence-corrected chi connectivity index (χ4v) is 3.31. The smallest absolute Gasteiger partial charge is 0.267 e. The van der Waals surface area contributed by atoms with Gasteiger partial charge in [-0.25, -0.2) is 9.97 Å². The Kier molecular flexibility index (Phi) is 5.19. The third-order valence-electron chi connectivity index (χ3n) is 4.89. The molecular formula is C20H24N8O3. The molecule has 0 radical (unpaired) electrons. The minimum absolute atomic E-state index is 0.0304. The molecule has 162 valence electrons. The molecule has 31 heavy (non-hydrogen) atoms. The number of carbonyl (C=O) groups is 2. The number of aromatic nitrogens is 4. The first-order valence-corrected chi connectivity index (χ1v) is 9.83. The van der Waals surface area contributed by atoms with Crippen LogP contribution in [-0.4, -0.2) is 68.6 Å². The molecule has 11 nitrogen and oxygen atoms in total. The van der Waals surface area contributed by atoms with Gasteiger partial charge in [-0.05, 0) is 32.0 Å². The van der Waals surface area contributed by atoms with Crippen molar-refractivity contribution in [1.29, 1.82) is 0 Å². The summed E-state index contributed by atoms with van der Waals surface area (Å²) in [6.07, 6.45) is 1.61. The van der Waals surface area contributed by atoms with Crippen molar-refractivity contribution in [1.82, 2.24) is 19.9 Å². The number of nitrogens with zero attached hydrogens (tertiary/aromatic N) is 5. The first-order chi connectivity index (χ1) is 14.7. The molecule has 0 spiro atoms. The number of nitrogens with one attached hydrogen (secondary N) is 2. The van der Waals surface area contributed by atoms with E-state index in [0.29, 0.717) is 18.9 Å². The van der Waals surface area contributed by atoms with Crippen LogP contribution in [0.2, 0.25) is 0 Å². The van der Waals surface area contributed by atoms with Crippen molar-refractivity contribution in [3.63, 3.8) is 0 Å². The Morgan fingerprint density at radius 2 is 2.10 bits per heavy atom. The molecule has 11 heteroatoms. The van der Waals surface area contributed by atoms with E-state index in [2.05, 4.69) is 25.3 Å². The first-order valence-electron chi connectivity index (χ1n) is 9.83. The molecule has 1 aliphatic heterocycles. The van der Waals surface area contributed by atoms with Crippen LogP contribution in [0.3, 0.4) is 0 Å². The molecule has 3 heterocycles. The van der Waals surface area contributed by atoms with Gasteiger partial charge in [0.2, 0.25) is 11.9 Å². The summed E-state index contributed by atoms with van der Waals surface area (Å²) in [5.74, 6) is -0.246. The number of carbonyl (C=O) groups excluding carboxylic acids is 2. The highest BCUT2D eigenvalue weighted by Gasteiger charge is 2.28. The molecule has 0 unspecified atom stereocenters. The molecule has 2 amide bonds. The van der Waals surface area contributed by atoms with Gasteiger partial charge in [-0.15, -0.1) is 0 Å². The lowest BCUT2D eigenvalue weighted by Gasteiger charge is -2.34. The minimum Gasteiger partial charge on any atom is -0.389 e. The molecule has 0 bridgehead atoms. The number of hydrogen-bond donors (Lipinski definition) is 4. The molecule has 5 N–H and O–H groups in total. The van der Waals surface area contributed by atoms with E-state index in [0.717, 1.165) is 16.7 Å². The van der Waals surface area contributed by atoms with Crippen molar-refractivity contribution in [2.45, 2.75) is 19.4 Å². The molecule has 4 rings (SSSR count). The monoisotopic (exact) mass is 424 g/mol. The van der Waals surface area contributed by atoms with Crippen molar-refractivity contribution in [2.24, 2.45) is 5.73 Å². The maximum absolute atomic E-state index is 12.9. The van der Waals surface area contributed by atoms with Gasteiger partial charge >= 0.3 is 0 Å². The standard InChI is InChI=1S/C20H24N8O3/c1-20(2,31)10-22-16-8-15(18(21)30)25-19(26-16)27-5-6-28(17(29)9-27)12-3-4-13-14(7-12)24-11-23-13/h3-4,7-8,11,31H,5-6,9-10H2,1-2H3,(H2,21,30)(H,23,24)(H,22,25,26). The van der Waals surface area contributed by atoms with E-state index in [9.17, 15) is 14.7 Å². The van der Waals surface area contributed by atoms with Crippen molar-refractivity contribution >= 4 is 40.3 Å². The van der Waals surface area contributed by atoms with Gasteiger partial charge in [0.1, 0.15) is 18.1 Å². The van der Waals surface area contributed by atoms with Crippen LogP contribution in [0.4, 0.5) is 17.5 Å². The Morgan fingerprint density at radius 3 is 2.81 bits per heavy atom. The van der Waals surface area contributed by atoms with Gasteiger partial charge in [-0.3, -0.25) is 9.59 Å². The van der Waals surface area contributed by atoms with Crippen LogP contribution >= 0.6 is 0 Å². The fraction of sp³-hybridized carbons (Fsp3) is 0.350. The fourth-order valence-electron chi connectivity index (χ4n) is 3.31. The SMILES string of the molecule is CC(C)(O)CNc1cc(C(N)=O)nc(N2CCN(c3ccc4nc[nH]c4c3)C(=O)C2)n1. The van der Waals surface area contributed by atoms with Crippen LogP contribution in [0.1, 0.15) is 24.3 Å². The average molecular weight is 424 g/mol.